The van der Waals surface area contributed by atoms with Crippen molar-refractivity contribution in [3.63, 3.8) is 0 Å². The van der Waals surface area contributed by atoms with E-state index in [9.17, 15) is 4.79 Å². The summed E-state index contributed by atoms with van der Waals surface area (Å²) in [6, 6.07) is 5.97. The fourth-order valence-electron chi connectivity index (χ4n) is 2.89. The van der Waals surface area contributed by atoms with E-state index < -0.39 is 5.41 Å². The molecule has 2 aromatic heterocycles. The molecule has 0 bridgehead atoms. The molecule has 0 radical (unpaired) electrons. The summed E-state index contributed by atoms with van der Waals surface area (Å²) in [5, 5.41) is 2.95. The Balaban J connectivity index is 1.70. The van der Waals surface area contributed by atoms with Crippen molar-refractivity contribution < 1.29 is 4.79 Å². The van der Waals surface area contributed by atoms with E-state index in [2.05, 4.69) is 20.3 Å². The minimum atomic E-state index is -0.494. The quantitative estimate of drug-likeness (QED) is 0.788. The van der Waals surface area contributed by atoms with E-state index >= 15 is 0 Å². The van der Waals surface area contributed by atoms with Gasteiger partial charge < -0.3 is 9.88 Å². The van der Waals surface area contributed by atoms with Crippen LogP contribution in [0.3, 0.4) is 0 Å². The molecule has 1 N–H and O–H groups in total. The average molecular weight is 319 g/mol. The van der Waals surface area contributed by atoms with E-state index in [1.807, 2.05) is 49.7 Å². The Bertz CT molecular complexity index is 940. The van der Waals surface area contributed by atoms with Gasteiger partial charge in [0.05, 0.1) is 29.2 Å². The minimum absolute atomic E-state index is 0.0250. The molecule has 1 aliphatic heterocycles. The second-order valence-electron chi connectivity index (χ2n) is 6.49. The van der Waals surface area contributed by atoms with Crippen LogP contribution >= 0.6 is 0 Å². The number of nitrogens with one attached hydrogen (secondary N) is 1. The Kier molecular flexibility index (Phi) is 3.03. The van der Waals surface area contributed by atoms with Gasteiger partial charge in [-0.25, -0.2) is 15.0 Å². The molecule has 6 nitrogen and oxygen atoms in total. The van der Waals surface area contributed by atoms with Gasteiger partial charge in [0.1, 0.15) is 12.2 Å². The number of fused-ring (bicyclic) bond motifs is 1. The molecule has 0 saturated carbocycles. The van der Waals surface area contributed by atoms with Crippen LogP contribution in [0.4, 0.5) is 5.69 Å². The minimum Gasteiger partial charge on any atom is -0.325 e. The van der Waals surface area contributed by atoms with Crippen LogP contribution in [-0.4, -0.2) is 25.4 Å². The lowest BCUT2D eigenvalue weighted by molar-refractivity contribution is -0.119. The monoisotopic (exact) mass is 319 g/mol. The topological polar surface area (TPSA) is 72.7 Å². The van der Waals surface area contributed by atoms with E-state index in [4.69, 9.17) is 0 Å². The number of aryl methyl sites for hydroxylation is 1. The molecule has 3 heterocycles. The number of amides is 1. The molecule has 120 valence electrons. The molecule has 0 saturated heterocycles. The number of carbonyl (C=O) groups excluding carboxylic acids is 1. The van der Waals surface area contributed by atoms with E-state index in [0.717, 1.165) is 34.0 Å². The van der Waals surface area contributed by atoms with Crippen molar-refractivity contribution in [1.82, 2.24) is 19.5 Å². The van der Waals surface area contributed by atoms with Gasteiger partial charge in [-0.3, -0.25) is 4.79 Å². The molecule has 0 unspecified atom stereocenters. The maximum Gasteiger partial charge on any atom is 0.234 e. The maximum atomic E-state index is 12.1. The van der Waals surface area contributed by atoms with Crippen LogP contribution in [0.5, 0.6) is 0 Å². The summed E-state index contributed by atoms with van der Waals surface area (Å²) >= 11 is 0. The highest BCUT2D eigenvalue weighted by molar-refractivity contribution is 6.06. The highest BCUT2D eigenvalue weighted by Gasteiger charge is 2.38. The van der Waals surface area contributed by atoms with Gasteiger partial charge in [-0.2, -0.15) is 0 Å². The lowest BCUT2D eigenvalue weighted by Gasteiger charge is -2.14. The molecule has 0 aliphatic carbocycles. The van der Waals surface area contributed by atoms with Crippen LogP contribution in [0.1, 0.15) is 25.2 Å². The van der Waals surface area contributed by atoms with Crippen molar-refractivity contribution >= 4 is 11.6 Å². The molecule has 1 amide bonds. The largest absolute Gasteiger partial charge is 0.325 e. The predicted octanol–water partition coefficient (Wildman–Crippen LogP) is 2.87. The summed E-state index contributed by atoms with van der Waals surface area (Å²) in [7, 11) is 0. The van der Waals surface area contributed by atoms with Crippen molar-refractivity contribution in [3.05, 3.63) is 54.5 Å². The molecular weight excluding hydrogens is 302 g/mol. The number of anilines is 1. The number of imidazole rings is 1. The van der Waals surface area contributed by atoms with E-state index in [-0.39, 0.29) is 5.91 Å². The molecule has 6 heteroatoms. The fraction of sp³-hybridized carbons (Fsp3) is 0.222. The van der Waals surface area contributed by atoms with Crippen LogP contribution in [0, 0.1) is 6.92 Å². The highest BCUT2D eigenvalue weighted by atomic mass is 16.2. The predicted molar refractivity (Wildman–Crippen MR) is 91.0 cm³/mol. The van der Waals surface area contributed by atoms with Crippen molar-refractivity contribution in [2.24, 2.45) is 0 Å². The first-order valence-corrected chi connectivity index (χ1v) is 7.74. The number of nitrogens with zero attached hydrogens (tertiary/aromatic N) is 4. The Hall–Kier alpha value is -3.02. The van der Waals surface area contributed by atoms with Gasteiger partial charge in [0.15, 0.2) is 0 Å². The lowest BCUT2D eigenvalue weighted by atomic mass is 9.86. The Morgan fingerprint density at radius 3 is 2.62 bits per heavy atom. The molecule has 0 fully saturated rings. The van der Waals surface area contributed by atoms with Crippen LogP contribution in [0.15, 0.2) is 43.1 Å². The number of carbonyl (C=O) groups is 1. The first-order chi connectivity index (χ1) is 11.4. The van der Waals surface area contributed by atoms with Gasteiger partial charge in [0.25, 0.3) is 0 Å². The molecule has 1 aromatic carbocycles. The lowest BCUT2D eigenvalue weighted by Crippen LogP contribution is -2.26. The van der Waals surface area contributed by atoms with Crippen LogP contribution in [-0.2, 0) is 10.2 Å². The van der Waals surface area contributed by atoms with Crippen molar-refractivity contribution in [1.29, 1.82) is 0 Å². The zero-order valence-corrected chi connectivity index (χ0v) is 13.7. The Labute approximate surface area is 139 Å². The van der Waals surface area contributed by atoms with Gasteiger partial charge in [0.2, 0.25) is 5.91 Å². The number of hydrogen-bond acceptors (Lipinski definition) is 4. The SMILES string of the molecule is Cc1ncc(-n2cnc(-c3ccc4c(c3)NC(=O)C4(C)C)c2)cn1. The molecule has 4 rings (SSSR count). The summed E-state index contributed by atoms with van der Waals surface area (Å²) in [6.07, 6.45) is 7.19. The van der Waals surface area contributed by atoms with Crippen LogP contribution in [0.2, 0.25) is 0 Å². The van der Waals surface area contributed by atoms with E-state index in [1.54, 1.807) is 18.7 Å². The number of aromatic nitrogens is 4. The van der Waals surface area contributed by atoms with E-state index in [1.165, 1.54) is 0 Å². The third-order valence-corrected chi connectivity index (χ3v) is 4.45. The zero-order chi connectivity index (χ0) is 16.9. The van der Waals surface area contributed by atoms with Gasteiger partial charge >= 0.3 is 0 Å². The number of rotatable bonds is 2. The average Bonchev–Trinajstić information content (AvgIpc) is 3.12. The highest BCUT2D eigenvalue weighted by Crippen LogP contribution is 2.39. The zero-order valence-electron chi connectivity index (χ0n) is 13.7. The number of benzene rings is 1. The fourth-order valence-corrected chi connectivity index (χ4v) is 2.89. The van der Waals surface area contributed by atoms with Gasteiger partial charge in [-0.1, -0.05) is 12.1 Å². The summed E-state index contributed by atoms with van der Waals surface area (Å²) in [5.74, 6) is 0.757. The second-order valence-corrected chi connectivity index (χ2v) is 6.49. The Morgan fingerprint density at radius 2 is 1.88 bits per heavy atom. The second kappa shape index (κ2) is 4.99. The third kappa shape index (κ3) is 2.19. The van der Waals surface area contributed by atoms with E-state index in [0.29, 0.717) is 0 Å². The van der Waals surface area contributed by atoms with Crippen molar-refractivity contribution in [3.8, 4) is 16.9 Å². The maximum absolute atomic E-state index is 12.1. The first-order valence-electron chi connectivity index (χ1n) is 7.74. The van der Waals surface area contributed by atoms with Gasteiger partial charge in [-0.15, -0.1) is 0 Å². The summed E-state index contributed by atoms with van der Waals surface area (Å²) in [4.78, 5) is 24.9. The van der Waals surface area contributed by atoms with Gasteiger partial charge in [-0.05, 0) is 32.4 Å². The van der Waals surface area contributed by atoms with Crippen LogP contribution < -0.4 is 5.32 Å². The van der Waals surface area contributed by atoms with Gasteiger partial charge in [0, 0.05) is 17.4 Å². The Morgan fingerprint density at radius 1 is 1.12 bits per heavy atom. The molecule has 3 aromatic rings. The summed E-state index contributed by atoms with van der Waals surface area (Å²) < 4.78 is 1.88. The number of hydrogen-bond donors (Lipinski definition) is 1. The molecule has 24 heavy (non-hydrogen) atoms. The third-order valence-electron chi connectivity index (χ3n) is 4.45. The molecule has 0 spiro atoms. The normalized spacial score (nSPS) is 15.2. The standard InChI is InChI=1S/C18H17N5O/c1-11-19-7-13(8-20-11)23-9-16(21-10-23)12-4-5-14-15(6-12)22-17(24)18(14,2)3/h4-10H,1-3H3,(H,22,24). The molecular formula is C18H17N5O. The van der Waals surface area contributed by atoms with Crippen molar-refractivity contribution in [2.45, 2.75) is 26.2 Å². The molecule has 1 aliphatic rings. The van der Waals surface area contributed by atoms with Crippen LogP contribution in [0.25, 0.3) is 16.9 Å². The summed E-state index contributed by atoms with van der Waals surface area (Å²) in [6.45, 7) is 5.71. The van der Waals surface area contributed by atoms with Crippen molar-refractivity contribution in [2.75, 3.05) is 5.32 Å². The smallest absolute Gasteiger partial charge is 0.234 e. The molecule has 0 atom stereocenters. The summed E-state index contributed by atoms with van der Waals surface area (Å²) in [5.41, 5.74) is 4.02. The first kappa shape index (κ1) is 14.6.